The van der Waals surface area contributed by atoms with Gasteiger partial charge in [0, 0.05) is 13.8 Å². The number of amides is 2. The lowest BCUT2D eigenvalue weighted by molar-refractivity contribution is -0.399. The average Bonchev–Trinajstić information content (AvgIpc) is 0.774. The fourth-order valence-corrected chi connectivity index (χ4v) is 13.5. The summed E-state index contributed by atoms with van der Waals surface area (Å²) in [5.74, 6) is -1.72. The second-order valence-corrected chi connectivity index (χ2v) is 26.7. The standard InChI is InChI=1S/C58H98N2O46/c1-12(68)59-23-32(77)44(19(8-66)92-50(23)89)101-51-24(60-13(2)69)33(78)45(20(9-67)98-51)102-56-43(88)47(104-58-49(38(83)29(74)18(7-65)97-58)106-55-41(86)36(81)27(72)16(5-63)95-55)31(76)22(100-56)10-90-52-42(87)46(103-53-39(84)34(79)25(70)14(3-61)93-53)30(75)21(99-52)11-91-57-48(37(82)28(73)17(6-64)96-57)105-54-40(85)35(80)26(71)15(4-62)94-54/h14-58,61-67,70-89H,3-11H2,1-2H3,(H,59,68)(H,60,69)/t14-,15-,16-,17-,18-,19-,20-,21-,22-,23-,24-,25-,26-,27-,28-,29-,30-,31-,32-,33-,34+,35+,36+,37+,38+,39+,40+,41+,42+,43+,44-,45-,46+,47+,48+,49+,50-,51+,52+,53-,54-,55-,56-,57+,58-/m1/s1. The second-order valence-electron chi connectivity index (χ2n) is 26.7. The van der Waals surface area contributed by atoms with Crippen LogP contribution in [0.15, 0.2) is 0 Å². The van der Waals surface area contributed by atoms with Crippen molar-refractivity contribution in [2.75, 3.05) is 59.5 Å². The Morgan fingerprint density at radius 2 is 0.519 bits per heavy atom. The van der Waals surface area contributed by atoms with Gasteiger partial charge in [0.2, 0.25) is 11.8 Å². The van der Waals surface area contributed by atoms with E-state index in [0.29, 0.717) is 0 Å². The summed E-state index contributed by atoms with van der Waals surface area (Å²) >= 11 is 0. The molecule has 9 aliphatic rings. The normalized spacial score (nSPS) is 51.2. The number of rotatable bonds is 27. The van der Waals surface area contributed by atoms with Crippen LogP contribution in [0, 0.1) is 0 Å². The number of hydrogen-bond donors (Lipinski definition) is 29. The van der Waals surface area contributed by atoms with E-state index in [1.165, 1.54) is 0 Å². The van der Waals surface area contributed by atoms with Crippen molar-refractivity contribution in [1.29, 1.82) is 0 Å². The highest BCUT2D eigenvalue weighted by atomic mass is 16.8. The van der Waals surface area contributed by atoms with E-state index in [4.69, 9.17) is 80.5 Å². The maximum atomic E-state index is 12.9. The van der Waals surface area contributed by atoms with Crippen molar-refractivity contribution in [3.8, 4) is 0 Å². The van der Waals surface area contributed by atoms with E-state index in [0.717, 1.165) is 13.8 Å². The third kappa shape index (κ3) is 18.7. The van der Waals surface area contributed by atoms with Crippen LogP contribution >= 0.6 is 0 Å². The maximum absolute atomic E-state index is 12.9. The molecule has 9 saturated heterocycles. The molecule has 0 unspecified atom stereocenters. The molecule has 0 radical (unpaired) electrons. The summed E-state index contributed by atoms with van der Waals surface area (Å²) in [6.07, 6.45) is -90.3. The van der Waals surface area contributed by atoms with Gasteiger partial charge in [0.25, 0.3) is 0 Å². The summed E-state index contributed by atoms with van der Waals surface area (Å²) in [5, 5.41) is 301. The zero-order valence-electron chi connectivity index (χ0n) is 56.2. The Morgan fingerprint density at radius 3 is 0.934 bits per heavy atom. The Morgan fingerprint density at radius 1 is 0.245 bits per heavy atom. The van der Waals surface area contributed by atoms with Gasteiger partial charge in [-0.2, -0.15) is 0 Å². The summed E-state index contributed by atoms with van der Waals surface area (Å²) in [5.41, 5.74) is 0. The van der Waals surface area contributed by atoms with Crippen LogP contribution in [-0.4, -0.2) is 485 Å². The molecular weight excluding hydrogens is 1460 g/mol. The van der Waals surface area contributed by atoms with Crippen LogP contribution in [-0.2, 0) is 90.1 Å². The maximum Gasteiger partial charge on any atom is 0.217 e. The highest BCUT2D eigenvalue weighted by molar-refractivity contribution is 5.73. The summed E-state index contributed by atoms with van der Waals surface area (Å²) < 4.78 is 98.8. The van der Waals surface area contributed by atoms with Gasteiger partial charge < -0.3 is 229 Å². The lowest BCUT2D eigenvalue weighted by Gasteiger charge is -2.50. The van der Waals surface area contributed by atoms with E-state index >= 15 is 0 Å². The molecule has 0 saturated carbocycles. The van der Waals surface area contributed by atoms with Crippen molar-refractivity contribution in [1.82, 2.24) is 10.6 Å². The first-order valence-electron chi connectivity index (χ1n) is 33.7. The van der Waals surface area contributed by atoms with Gasteiger partial charge in [0.15, 0.2) is 56.6 Å². The third-order valence-electron chi connectivity index (χ3n) is 19.5. The molecule has 0 bridgehead atoms. The highest BCUT2D eigenvalue weighted by Crippen LogP contribution is 2.39. The van der Waals surface area contributed by atoms with Crippen LogP contribution in [0.1, 0.15) is 13.8 Å². The van der Waals surface area contributed by atoms with Gasteiger partial charge in [0.1, 0.15) is 220 Å². The van der Waals surface area contributed by atoms with Crippen molar-refractivity contribution >= 4 is 11.8 Å². The minimum Gasteiger partial charge on any atom is -0.394 e. The van der Waals surface area contributed by atoms with Gasteiger partial charge in [0.05, 0.1) is 59.5 Å². The monoisotopic (exact) mass is 1560 g/mol. The zero-order valence-corrected chi connectivity index (χ0v) is 56.2. The number of carbonyl (C=O) groups is 2. The Hall–Kier alpha value is -2.82. The number of ether oxygens (including phenoxy) is 17. The smallest absolute Gasteiger partial charge is 0.217 e. The molecule has 48 heteroatoms. The zero-order chi connectivity index (χ0) is 77.9. The van der Waals surface area contributed by atoms with E-state index in [9.17, 15) is 147 Å². The van der Waals surface area contributed by atoms with Gasteiger partial charge in [-0.3, -0.25) is 9.59 Å². The number of aliphatic hydroxyl groups is 27. The van der Waals surface area contributed by atoms with Crippen molar-refractivity contribution in [2.24, 2.45) is 0 Å². The largest absolute Gasteiger partial charge is 0.394 e. The molecular formula is C58H98N2O46. The summed E-state index contributed by atoms with van der Waals surface area (Å²) in [6.45, 7) is -7.76. The predicted molar refractivity (Wildman–Crippen MR) is 320 cm³/mol. The number of carbonyl (C=O) groups excluding carboxylic acids is 2. The van der Waals surface area contributed by atoms with Gasteiger partial charge in [-0.1, -0.05) is 0 Å². The first-order chi connectivity index (χ1) is 50.2. The van der Waals surface area contributed by atoms with Crippen LogP contribution in [0.5, 0.6) is 0 Å². The van der Waals surface area contributed by atoms with Crippen LogP contribution in [0.2, 0.25) is 0 Å². The molecule has 0 aromatic carbocycles. The number of aliphatic hydroxyl groups excluding tert-OH is 27. The third-order valence-corrected chi connectivity index (χ3v) is 19.5. The van der Waals surface area contributed by atoms with E-state index in [1.54, 1.807) is 0 Å². The Kier molecular flexibility index (Phi) is 31.1. The predicted octanol–water partition coefficient (Wildman–Crippen LogP) is -20.3. The molecule has 106 heavy (non-hydrogen) atoms. The molecule has 9 heterocycles. The molecule has 9 fully saturated rings. The highest BCUT2D eigenvalue weighted by Gasteiger charge is 2.60. The Bertz CT molecular complexity index is 2710. The summed E-state index contributed by atoms with van der Waals surface area (Å²) in [4.78, 5) is 25.0. The molecule has 2 amide bonds. The minimum absolute atomic E-state index is 0.783. The molecule has 616 valence electrons. The molecule has 0 aliphatic carbocycles. The molecule has 9 rings (SSSR count). The van der Waals surface area contributed by atoms with Crippen LogP contribution in [0.25, 0.3) is 0 Å². The second kappa shape index (κ2) is 37.9. The quantitative estimate of drug-likeness (QED) is 0.0363. The van der Waals surface area contributed by atoms with Crippen molar-refractivity contribution in [3.63, 3.8) is 0 Å². The molecule has 45 atom stereocenters. The van der Waals surface area contributed by atoms with E-state index < -0.39 is 348 Å². The first kappa shape index (κ1) is 87.2. The van der Waals surface area contributed by atoms with Crippen molar-refractivity contribution in [3.05, 3.63) is 0 Å². The Balaban J connectivity index is 1.05. The van der Waals surface area contributed by atoms with Gasteiger partial charge in [-0.05, 0) is 0 Å². The molecule has 0 aromatic rings. The van der Waals surface area contributed by atoms with Crippen LogP contribution < -0.4 is 10.6 Å². The number of nitrogens with one attached hydrogen (secondary N) is 2. The SMILES string of the molecule is CC(=O)N[C@@H]1[C@@H](O)[C@H](O[C@@H]2O[C@H](CO)[C@@H](O[C@H]3O[C@H](CO[C@H]4O[C@H](CO[C@H]5O[C@H](CO)[C@@H](O)[C@H](O)[C@@H]5O[C@H]5O[C@H](CO)[C@@H](O)[C@H](O)[C@@H]5O)[C@@H](O)[C@H](O[C@H]5O[C@H](CO)[C@@H](O)[C@H](O)[C@@H]5O)[C@@H]4O)[C@@H](O)[C@H](O[C@H]4O[C@H](CO)[C@@H](O)[C@H](O)[C@@H]4O[C@H]4O[C@H](CO)[C@@H](O)[C@H](O)[C@@H]4O)[C@@H]3O)[C@H](O)[C@H]2NC(C)=O)[C@@H](CO)O[C@H]1O. The minimum atomic E-state index is -2.54. The van der Waals surface area contributed by atoms with E-state index in [1.807, 2.05) is 0 Å². The fraction of sp³-hybridized carbons (Fsp3) is 0.966. The molecule has 0 aromatic heterocycles. The topological polar surface area (TPSA) is 761 Å². The average molecular weight is 1560 g/mol. The lowest BCUT2D eigenvalue weighted by Crippen LogP contribution is -2.70. The van der Waals surface area contributed by atoms with Crippen LogP contribution in [0.4, 0.5) is 0 Å². The van der Waals surface area contributed by atoms with Gasteiger partial charge in [-0.25, -0.2) is 0 Å². The molecule has 48 nitrogen and oxygen atoms in total. The molecule has 29 N–H and O–H groups in total. The Labute approximate surface area is 598 Å². The van der Waals surface area contributed by atoms with Gasteiger partial charge >= 0.3 is 0 Å². The van der Waals surface area contributed by atoms with Crippen molar-refractivity contribution in [2.45, 2.75) is 290 Å². The van der Waals surface area contributed by atoms with E-state index in [2.05, 4.69) is 10.6 Å². The molecule has 0 spiro atoms. The van der Waals surface area contributed by atoms with E-state index in [-0.39, 0.29) is 0 Å². The van der Waals surface area contributed by atoms with Crippen molar-refractivity contribution < 1.29 is 228 Å². The van der Waals surface area contributed by atoms with Crippen LogP contribution in [0.3, 0.4) is 0 Å². The van der Waals surface area contributed by atoms with Gasteiger partial charge in [-0.15, -0.1) is 0 Å². The fourth-order valence-electron chi connectivity index (χ4n) is 13.5. The summed E-state index contributed by atoms with van der Waals surface area (Å²) in [6, 6.07) is -3.55. The summed E-state index contributed by atoms with van der Waals surface area (Å²) in [7, 11) is 0. The first-order valence-corrected chi connectivity index (χ1v) is 33.7. The lowest BCUT2D eigenvalue weighted by atomic mass is 9.94. The number of hydrogen-bond acceptors (Lipinski definition) is 46. The molecule has 9 aliphatic heterocycles.